The van der Waals surface area contributed by atoms with Crippen molar-refractivity contribution in [2.24, 2.45) is 11.7 Å². The number of fused-ring (bicyclic) bond motifs is 1. The largest absolute Gasteiger partial charge is 0.363 e. The number of hydrogen-bond acceptors (Lipinski definition) is 3. The van der Waals surface area contributed by atoms with Crippen LogP contribution in [0.2, 0.25) is 0 Å². The van der Waals surface area contributed by atoms with Gasteiger partial charge in [-0.15, -0.1) is 0 Å². The zero-order chi connectivity index (χ0) is 21.7. The first-order chi connectivity index (χ1) is 14.2. The summed E-state index contributed by atoms with van der Waals surface area (Å²) in [6, 6.07) is 14.5. The number of carbonyl (C=O) groups is 1. The minimum atomic E-state index is -0.538. The standard InChI is InChI=1S/C27H39NO2/c1-19(22-16-10-14-21-13-8-9-15-23(21)22)17-25(29)26(30-27(2,3)4)24(28)18-20-11-6-5-7-12-20/h8-10,13-16,19-20,24,26H,5-7,11-12,17-18,28H2,1-4H3. The maximum Gasteiger partial charge on any atom is 0.163 e. The molecule has 0 amide bonds. The van der Waals surface area contributed by atoms with E-state index in [2.05, 4.69) is 49.4 Å². The van der Waals surface area contributed by atoms with E-state index in [1.807, 2.05) is 20.8 Å². The molecular weight excluding hydrogens is 370 g/mol. The Morgan fingerprint density at radius 1 is 1.07 bits per heavy atom. The summed E-state index contributed by atoms with van der Waals surface area (Å²) in [5, 5.41) is 2.44. The molecule has 2 aromatic carbocycles. The van der Waals surface area contributed by atoms with Gasteiger partial charge in [0, 0.05) is 12.5 Å². The molecule has 0 saturated heterocycles. The van der Waals surface area contributed by atoms with E-state index >= 15 is 0 Å². The normalized spacial score (nSPS) is 18.8. The van der Waals surface area contributed by atoms with Gasteiger partial charge in [-0.25, -0.2) is 0 Å². The van der Waals surface area contributed by atoms with E-state index < -0.39 is 11.7 Å². The molecule has 1 aliphatic rings. The van der Waals surface area contributed by atoms with Gasteiger partial charge in [0.05, 0.1) is 5.60 Å². The minimum absolute atomic E-state index is 0.122. The van der Waals surface area contributed by atoms with Gasteiger partial charge < -0.3 is 10.5 Å². The molecule has 0 aromatic heterocycles. The second kappa shape index (κ2) is 10.1. The van der Waals surface area contributed by atoms with E-state index in [4.69, 9.17) is 10.5 Å². The third kappa shape index (κ3) is 6.15. The van der Waals surface area contributed by atoms with Gasteiger partial charge in [0.2, 0.25) is 0 Å². The van der Waals surface area contributed by atoms with Gasteiger partial charge in [0.1, 0.15) is 6.10 Å². The number of nitrogens with two attached hydrogens (primary N) is 1. The SMILES string of the molecule is CC(CC(=O)C(OC(C)(C)C)C(N)CC1CCCCC1)c1cccc2ccccc12. The molecule has 3 nitrogen and oxygen atoms in total. The molecule has 0 spiro atoms. The highest BCUT2D eigenvalue weighted by Crippen LogP contribution is 2.31. The molecule has 3 rings (SSSR count). The lowest BCUT2D eigenvalue weighted by atomic mass is 9.82. The fraction of sp³-hybridized carbons (Fsp3) is 0.593. The van der Waals surface area contributed by atoms with Crippen LogP contribution in [-0.4, -0.2) is 23.5 Å². The van der Waals surface area contributed by atoms with Gasteiger partial charge in [-0.1, -0.05) is 81.5 Å². The topological polar surface area (TPSA) is 52.3 Å². The van der Waals surface area contributed by atoms with E-state index in [0.717, 1.165) is 6.42 Å². The Labute approximate surface area is 182 Å². The van der Waals surface area contributed by atoms with Crippen molar-refractivity contribution in [3.63, 3.8) is 0 Å². The van der Waals surface area contributed by atoms with Crippen LogP contribution in [0, 0.1) is 5.92 Å². The third-order valence-electron chi connectivity index (χ3n) is 6.38. The van der Waals surface area contributed by atoms with Crippen molar-refractivity contribution in [1.29, 1.82) is 0 Å². The summed E-state index contributed by atoms with van der Waals surface area (Å²) in [6.45, 7) is 8.17. The van der Waals surface area contributed by atoms with Crippen LogP contribution in [0.5, 0.6) is 0 Å². The Morgan fingerprint density at radius 2 is 1.73 bits per heavy atom. The van der Waals surface area contributed by atoms with Crippen molar-refractivity contribution in [3.8, 4) is 0 Å². The molecule has 1 fully saturated rings. The Hall–Kier alpha value is -1.71. The average Bonchev–Trinajstić information content (AvgIpc) is 2.71. The van der Waals surface area contributed by atoms with Crippen molar-refractivity contribution in [2.45, 2.75) is 96.3 Å². The quantitative estimate of drug-likeness (QED) is 0.550. The van der Waals surface area contributed by atoms with Gasteiger partial charge >= 0.3 is 0 Å². The number of Topliss-reactive ketones (excluding diaryl/α,β-unsaturated/α-hetero) is 1. The van der Waals surface area contributed by atoms with E-state index in [0.29, 0.717) is 12.3 Å². The van der Waals surface area contributed by atoms with Crippen LogP contribution >= 0.6 is 0 Å². The van der Waals surface area contributed by atoms with Gasteiger partial charge in [-0.2, -0.15) is 0 Å². The first-order valence-corrected chi connectivity index (χ1v) is 11.7. The van der Waals surface area contributed by atoms with Crippen LogP contribution in [0.4, 0.5) is 0 Å². The Morgan fingerprint density at radius 3 is 2.43 bits per heavy atom. The number of rotatable bonds is 8. The molecule has 3 unspecified atom stereocenters. The van der Waals surface area contributed by atoms with Gasteiger partial charge in [0.15, 0.2) is 5.78 Å². The van der Waals surface area contributed by atoms with E-state index in [1.54, 1.807) is 0 Å². The molecular formula is C27H39NO2. The lowest BCUT2D eigenvalue weighted by Crippen LogP contribution is -2.47. The lowest BCUT2D eigenvalue weighted by molar-refractivity contribution is -0.143. The van der Waals surface area contributed by atoms with Crippen molar-refractivity contribution in [3.05, 3.63) is 48.0 Å². The van der Waals surface area contributed by atoms with Crippen LogP contribution in [0.15, 0.2) is 42.5 Å². The maximum absolute atomic E-state index is 13.4. The summed E-state index contributed by atoms with van der Waals surface area (Å²) in [5.41, 5.74) is 7.44. The smallest absolute Gasteiger partial charge is 0.163 e. The lowest BCUT2D eigenvalue weighted by Gasteiger charge is -2.33. The average molecular weight is 410 g/mol. The van der Waals surface area contributed by atoms with E-state index in [-0.39, 0.29) is 17.7 Å². The molecule has 1 aliphatic carbocycles. The Bertz CT molecular complexity index is 827. The molecule has 3 heteroatoms. The van der Waals surface area contributed by atoms with Gasteiger partial charge in [-0.05, 0) is 55.4 Å². The fourth-order valence-corrected chi connectivity index (χ4v) is 4.91. The van der Waals surface area contributed by atoms with Crippen molar-refractivity contribution in [1.82, 2.24) is 0 Å². The summed E-state index contributed by atoms with van der Waals surface area (Å²) >= 11 is 0. The minimum Gasteiger partial charge on any atom is -0.363 e. The number of ketones is 1. The molecule has 0 bridgehead atoms. The second-order valence-electron chi connectivity index (χ2n) is 10.2. The first kappa shape index (κ1) is 23.0. The molecule has 0 radical (unpaired) electrons. The van der Waals surface area contributed by atoms with Crippen LogP contribution in [0.3, 0.4) is 0 Å². The molecule has 3 atom stereocenters. The first-order valence-electron chi connectivity index (χ1n) is 11.7. The number of ether oxygens (including phenoxy) is 1. The van der Waals surface area contributed by atoms with Crippen molar-refractivity contribution < 1.29 is 9.53 Å². The molecule has 0 heterocycles. The Kier molecular flexibility index (Phi) is 7.70. The summed E-state index contributed by atoms with van der Waals surface area (Å²) in [4.78, 5) is 13.4. The van der Waals surface area contributed by atoms with Crippen LogP contribution in [0.25, 0.3) is 10.8 Å². The van der Waals surface area contributed by atoms with E-state index in [9.17, 15) is 4.79 Å². The summed E-state index contributed by atoms with van der Waals surface area (Å²) < 4.78 is 6.25. The predicted octanol–water partition coefficient (Wildman–Crippen LogP) is 6.38. The number of carbonyl (C=O) groups excluding carboxylic acids is 1. The third-order valence-corrected chi connectivity index (χ3v) is 6.38. The van der Waals surface area contributed by atoms with Crippen LogP contribution < -0.4 is 5.73 Å². The van der Waals surface area contributed by atoms with Gasteiger partial charge in [0.25, 0.3) is 0 Å². The molecule has 2 N–H and O–H groups in total. The molecule has 2 aromatic rings. The molecule has 0 aliphatic heterocycles. The fourth-order valence-electron chi connectivity index (χ4n) is 4.91. The second-order valence-corrected chi connectivity index (χ2v) is 10.2. The van der Waals surface area contributed by atoms with E-state index in [1.165, 1.54) is 48.4 Å². The zero-order valence-electron chi connectivity index (χ0n) is 19.2. The molecule has 30 heavy (non-hydrogen) atoms. The zero-order valence-corrected chi connectivity index (χ0v) is 19.2. The highest BCUT2D eigenvalue weighted by atomic mass is 16.5. The summed E-state index contributed by atoms with van der Waals surface area (Å²) in [7, 11) is 0. The van der Waals surface area contributed by atoms with Crippen LogP contribution in [-0.2, 0) is 9.53 Å². The van der Waals surface area contributed by atoms with Crippen molar-refractivity contribution >= 4 is 16.6 Å². The van der Waals surface area contributed by atoms with Gasteiger partial charge in [-0.3, -0.25) is 4.79 Å². The number of benzene rings is 2. The molecule has 164 valence electrons. The monoisotopic (exact) mass is 409 g/mol. The predicted molar refractivity (Wildman–Crippen MR) is 126 cm³/mol. The maximum atomic E-state index is 13.4. The Balaban J connectivity index is 1.74. The summed E-state index contributed by atoms with van der Waals surface area (Å²) in [5.74, 6) is 0.883. The number of hydrogen-bond donors (Lipinski definition) is 1. The van der Waals surface area contributed by atoms with Crippen molar-refractivity contribution in [2.75, 3.05) is 0 Å². The highest BCUT2D eigenvalue weighted by Gasteiger charge is 2.33. The summed E-state index contributed by atoms with van der Waals surface area (Å²) in [6.07, 6.45) is 7.16. The highest BCUT2D eigenvalue weighted by molar-refractivity contribution is 5.88. The molecule has 1 saturated carbocycles. The van der Waals surface area contributed by atoms with Crippen LogP contribution in [0.1, 0.15) is 84.1 Å².